The van der Waals surface area contributed by atoms with Gasteiger partial charge in [-0.15, -0.1) is 0 Å². The summed E-state index contributed by atoms with van der Waals surface area (Å²) in [4.78, 5) is 14.4. The third-order valence-corrected chi connectivity index (χ3v) is 6.89. The van der Waals surface area contributed by atoms with Gasteiger partial charge >= 0.3 is 0 Å². The van der Waals surface area contributed by atoms with Crippen LogP contribution in [0, 0.1) is 3.57 Å². The van der Waals surface area contributed by atoms with E-state index < -0.39 is 0 Å². The van der Waals surface area contributed by atoms with Crippen LogP contribution < -0.4 is 15.8 Å². The molecule has 3 aromatic rings. The molecule has 7 nitrogen and oxygen atoms in total. The van der Waals surface area contributed by atoms with Crippen molar-refractivity contribution in [1.82, 2.24) is 24.8 Å². The normalized spacial score (nSPS) is 12.4. The van der Waals surface area contributed by atoms with Crippen molar-refractivity contribution in [3.8, 4) is 5.75 Å². The van der Waals surface area contributed by atoms with Gasteiger partial charge in [-0.1, -0.05) is 18.7 Å². The Balaban J connectivity index is 1.89. The number of benzene rings is 1. The van der Waals surface area contributed by atoms with E-state index in [1.165, 1.54) is 6.33 Å². The predicted molar refractivity (Wildman–Crippen MR) is 122 cm³/mol. The van der Waals surface area contributed by atoms with Crippen molar-refractivity contribution in [2.45, 2.75) is 49.3 Å². The molecule has 0 spiro atoms. The van der Waals surface area contributed by atoms with Crippen molar-refractivity contribution < 1.29 is 4.74 Å². The number of ether oxygens (including phenoxy) is 1. The van der Waals surface area contributed by atoms with Crippen LogP contribution in [-0.2, 0) is 6.54 Å². The molecule has 0 amide bonds. The van der Waals surface area contributed by atoms with Crippen LogP contribution >= 0.6 is 34.4 Å². The topological polar surface area (TPSA) is 90.9 Å². The molecule has 1 aromatic carbocycles. The molecule has 0 bridgehead atoms. The lowest BCUT2D eigenvalue weighted by Crippen LogP contribution is -2.26. The van der Waals surface area contributed by atoms with Gasteiger partial charge in [0.2, 0.25) is 0 Å². The third kappa shape index (κ3) is 4.87. The molecule has 0 radical (unpaired) electrons. The number of hydrogen-bond acceptors (Lipinski definition) is 7. The minimum Gasteiger partial charge on any atom is -0.497 e. The molecular formula is C19H25IN6OS. The Bertz CT molecular complexity index is 948. The van der Waals surface area contributed by atoms with Crippen molar-refractivity contribution in [3.05, 3.63) is 28.1 Å². The average molecular weight is 512 g/mol. The zero-order chi connectivity index (χ0) is 20.1. The fourth-order valence-electron chi connectivity index (χ4n) is 2.73. The zero-order valence-corrected chi connectivity index (χ0v) is 19.2. The number of anilines is 1. The summed E-state index contributed by atoms with van der Waals surface area (Å²) >= 11 is 3.92. The summed E-state index contributed by atoms with van der Waals surface area (Å²) in [7, 11) is 1.67. The van der Waals surface area contributed by atoms with E-state index >= 15 is 0 Å². The van der Waals surface area contributed by atoms with E-state index in [-0.39, 0.29) is 0 Å². The number of imidazole rings is 1. The second-order valence-corrected chi connectivity index (χ2v) is 8.66. The fourth-order valence-corrected chi connectivity index (χ4v) is 4.36. The van der Waals surface area contributed by atoms with Crippen molar-refractivity contribution >= 4 is 51.3 Å². The summed E-state index contributed by atoms with van der Waals surface area (Å²) in [6, 6.07) is 6.54. The molecule has 0 fully saturated rings. The van der Waals surface area contributed by atoms with Crippen molar-refractivity contribution in [2.24, 2.45) is 0 Å². The number of fused-ring (bicyclic) bond motifs is 1. The van der Waals surface area contributed by atoms with Crippen LogP contribution in [0.5, 0.6) is 5.75 Å². The molecule has 1 unspecified atom stereocenters. The minimum atomic E-state index is 0.406. The first kappa shape index (κ1) is 21.1. The summed E-state index contributed by atoms with van der Waals surface area (Å²) in [6.45, 7) is 6.13. The molecule has 28 heavy (non-hydrogen) atoms. The number of nitrogens with two attached hydrogens (primary N) is 1. The van der Waals surface area contributed by atoms with E-state index in [1.54, 1.807) is 18.9 Å². The van der Waals surface area contributed by atoms with Gasteiger partial charge in [-0.3, -0.25) is 0 Å². The van der Waals surface area contributed by atoms with Gasteiger partial charge in [-0.25, -0.2) is 15.0 Å². The zero-order valence-electron chi connectivity index (χ0n) is 16.3. The maximum atomic E-state index is 6.05. The monoisotopic (exact) mass is 512 g/mol. The summed E-state index contributed by atoms with van der Waals surface area (Å²) in [5.74, 6) is 1.23. The molecule has 9 heteroatoms. The van der Waals surface area contributed by atoms with Crippen LogP contribution in [0.2, 0.25) is 0 Å². The van der Waals surface area contributed by atoms with Gasteiger partial charge in [0.15, 0.2) is 22.1 Å². The maximum Gasteiger partial charge on any atom is 0.175 e. The Labute approximate surface area is 183 Å². The van der Waals surface area contributed by atoms with Gasteiger partial charge in [0.05, 0.1) is 7.11 Å². The first-order chi connectivity index (χ1) is 13.5. The van der Waals surface area contributed by atoms with Gasteiger partial charge in [-0.2, -0.15) is 0 Å². The maximum absolute atomic E-state index is 6.05. The molecule has 2 heterocycles. The van der Waals surface area contributed by atoms with Crippen molar-refractivity contribution in [1.29, 1.82) is 0 Å². The lowest BCUT2D eigenvalue weighted by Gasteiger charge is -2.13. The molecule has 0 saturated heterocycles. The third-order valence-electron chi connectivity index (χ3n) is 4.53. The Hall–Kier alpha value is -1.59. The lowest BCUT2D eigenvalue weighted by molar-refractivity contribution is 0.413. The van der Waals surface area contributed by atoms with Crippen molar-refractivity contribution in [2.75, 3.05) is 19.4 Å². The number of hydrogen-bond donors (Lipinski definition) is 2. The summed E-state index contributed by atoms with van der Waals surface area (Å²) in [5, 5.41) is 4.39. The van der Waals surface area contributed by atoms with Crippen LogP contribution in [0.4, 0.5) is 5.82 Å². The average Bonchev–Trinajstić information content (AvgIpc) is 3.05. The smallest absolute Gasteiger partial charge is 0.175 e. The molecule has 3 rings (SSSR count). The first-order valence-corrected chi connectivity index (χ1v) is 11.1. The predicted octanol–water partition coefficient (Wildman–Crippen LogP) is 3.95. The number of aromatic nitrogens is 4. The SMILES string of the molecule is CCC(C)NCCCn1c(Sc2cc(OC)ccc2I)nc2c(N)ncnc21. The summed E-state index contributed by atoms with van der Waals surface area (Å²) in [6.07, 6.45) is 3.59. The number of halogens is 1. The molecule has 3 N–H and O–H groups in total. The number of nitrogen functional groups attached to an aromatic ring is 1. The quantitative estimate of drug-likeness (QED) is 0.332. The van der Waals surface area contributed by atoms with Gasteiger partial charge in [0, 0.05) is 21.1 Å². The number of aryl methyl sites for hydroxylation is 1. The first-order valence-electron chi connectivity index (χ1n) is 9.25. The second-order valence-electron chi connectivity index (χ2n) is 6.49. The van der Waals surface area contributed by atoms with Crippen LogP contribution in [-0.4, -0.2) is 39.2 Å². The summed E-state index contributed by atoms with van der Waals surface area (Å²) in [5.41, 5.74) is 7.48. The van der Waals surface area contributed by atoms with E-state index in [4.69, 9.17) is 15.5 Å². The molecule has 0 saturated carbocycles. The number of nitrogens with zero attached hydrogens (tertiary/aromatic N) is 4. The summed E-state index contributed by atoms with van der Waals surface area (Å²) < 4.78 is 8.64. The van der Waals surface area contributed by atoms with Crippen LogP contribution in [0.15, 0.2) is 34.6 Å². The highest BCUT2D eigenvalue weighted by Crippen LogP contribution is 2.35. The van der Waals surface area contributed by atoms with Crippen molar-refractivity contribution in [3.63, 3.8) is 0 Å². The lowest BCUT2D eigenvalue weighted by atomic mass is 10.2. The number of nitrogens with one attached hydrogen (secondary N) is 1. The second kappa shape index (κ2) is 9.75. The number of methoxy groups -OCH3 is 1. The molecule has 0 aliphatic carbocycles. The van der Waals surface area contributed by atoms with Gasteiger partial charge < -0.3 is 20.4 Å². The largest absolute Gasteiger partial charge is 0.497 e. The molecule has 0 aliphatic rings. The van der Waals surface area contributed by atoms with E-state index in [1.807, 2.05) is 18.2 Å². The standard InChI is InChI=1S/C19H25IN6OS/c1-4-12(2)22-8-5-9-26-18-16(17(21)23-11-24-18)25-19(26)28-15-10-13(27-3)6-7-14(15)20/h6-7,10-12,22H,4-5,8-9H2,1-3H3,(H2,21,23,24). The Morgan fingerprint density at radius 3 is 2.93 bits per heavy atom. The van der Waals surface area contributed by atoms with E-state index in [2.05, 4.69) is 56.3 Å². The highest BCUT2D eigenvalue weighted by molar-refractivity contribution is 14.1. The molecule has 2 aromatic heterocycles. The van der Waals surface area contributed by atoms with Crippen LogP contribution in [0.25, 0.3) is 11.2 Å². The van der Waals surface area contributed by atoms with E-state index in [0.717, 1.165) is 50.9 Å². The Morgan fingerprint density at radius 1 is 1.36 bits per heavy atom. The highest BCUT2D eigenvalue weighted by Gasteiger charge is 2.17. The molecule has 0 aliphatic heterocycles. The van der Waals surface area contributed by atoms with E-state index in [0.29, 0.717) is 17.4 Å². The fraction of sp³-hybridized carbons (Fsp3) is 0.421. The van der Waals surface area contributed by atoms with Gasteiger partial charge in [0.25, 0.3) is 0 Å². The number of rotatable bonds is 9. The Morgan fingerprint density at radius 2 is 2.18 bits per heavy atom. The molecule has 150 valence electrons. The Kier molecular flexibility index (Phi) is 7.36. The van der Waals surface area contributed by atoms with E-state index in [9.17, 15) is 0 Å². The van der Waals surface area contributed by atoms with Gasteiger partial charge in [0.1, 0.15) is 12.1 Å². The minimum absolute atomic E-state index is 0.406. The molecule has 1 atom stereocenters. The highest BCUT2D eigenvalue weighted by atomic mass is 127. The van der Waals surface area contributed by atoms with Crippen LogP contribution in [0.1, 0.15) is 26.7 Å². The van der Waals surface area contributed by atoms with Gasteiger partial charge in [-0.05, 0) is 67.1 Å². The molecular weight excluding hydrogens is 487 g/mol. The van der Waals surface area contributed by atoms with Crippen LogP contribution in [0.3, 0.4) is 0 Å².